The molecule has 0 radical (unpaired) electrons. The molecule has 108 valence electrons. The summed E-state index contributed by atoms with van der Waals surface area (Å²) >= 11 is 0. The Morgan fingerprint density at radius 2 is 1.60 bits per heavy atom. The Morgan fingerprint density at radius 3 is 2.10 bits per heavy atom. The maximum atomic E-state index is 12.5. The second kappa shape index (κ2) is 6.29. The van der Waals surface area contributed by atoms with E-state index in [-0.39, 0.29) is 12.4 Å². The molecule has 0 saturated heterocycles. The molecule has 0 aliphatic rings. The van der Waals surface area contributed by atoms with Crippen molar-refractivity contribution in [3.63, 3.8) is 0 Å². The molecule has 2 aromatic carbocycles. The van der Waals surface area contributed by atoms with E-state index in [9.17, 15) is 13.2 Å². The van der Waals surface area contributed by atoms with Crippen LogP contribution in [0.4, 0.5) is 13.2 Å². The quantitative estimate of drug-likeness (QED) is 0.864. The summed E-state index contributed by atoms with van der Waals surface area (Å²) in [6.07, 6.45) is -4.30. The molecule has 0 unspecified atom stereocenters. The number of alkyl halides is 3. The van der Waals surface area contributed by atoms with Crippen LogP contribution in [0.25, 0.3) is 11.1 Å². The molecular formula is C15H15ClF3N. The lowest BCUT2D eigenvalue weighted by atomic mass is 9.96. The third-order valence-electron chi connectivity index (χ3n) is 3.19. The highest BCUT2D eigenvalue weighted by Gasteiger charge is 2.29. The number of benzene rings is 2. The average Bonchev–Trinajstić information content (AvgIpc) is 2.38. The Labute approximate surface area is 122 Å². The lowest BCUT2D eigenvalue weighted by Crippen LogP contribution is -2.04. The van der Waals surface area contributed by atoms with Gasteiger partial charge in [0.05, 0.1) is 5.56 Å². The van der Waals surface area contributed by atoms with E-state index in [4.69, 9.17) is 5.73 Å². The first-order valence-corrected chi connectivity index (χ1v) is 5.89. The zero-order valence-corrected chi connectivity index (χ0v) is 11.7. The van der Waals surface area contributed by atoms with Gasteiger partial charge in [-0.3, -0.25) is 0 Å². The highest BCUT2D eigenvalue weighted by atomic mass is 35.5. The normalized spacial score (nSPS) is 11.1. The van der Waals surface area contributed by atoms with E-state index < -0.39 is 11.7 Å². The van der Waals surface area contributed by atoms with Crippen molar-refractivity contribution in [2.75, 3.05) is 0 Å². The minimum Gasteiger partial charge on any atom is -0.326 e. The number of halogens is 4. The maximum absolute atomic E-state index is 12.5. The Kier molecular flexibility index (Phi) is 5.20. The van der Waals surface area contributed by atoms with Gasteiger partial charge in [0, 0.05) is 6.54 Å². The molecule has 0 heterocycles. The average molecular weight is 302 g/mol. The molecule has 2 rings (SSSR count). The number of nitrogens with two attached hydrogens (primary N) is 1. The molecule has 0 amide bonds. The number of hydrogen-bond acceptors (Lipinski definition) is 1. The van der Waals surface area contributed by atoms with Crippen LogP contribution in [0.5, 0.6) is 0 Å². The Balaban J connectivity index is 0.00000200. The van der Waals surface area contributed by atoms with Crippen molar-refractivity contribution in [1.82, 2.24) is 0 Å². The van der Waals surface area contributed by atoms with E-state index in [0.29, 0.717) is 6.54 Å². The molecule has 2 N–H and O–H groups in total. The van der Waals surface area contributed by atoms with Crippen molar-refractivity contribution in [3.8, 4) is 11.1 Å². The van der Waals surface area contributed by atoms with Crippen LogP contribution in [0.2, 0.25) is 0 Å². The van der Waals surface area contributed by atoms with Gasteiger partial charge in [-0.15, -0.1) is 12.4 Å². The van der Waals surface area contributed by atoms with Crippen molar-refractivity contribution >= 4 is 12.4 Å². The molecule has 2 aromatic rings. The zero-order chi connectivity index (χ0) is 14.0. The summed E-state index contributed by atoms with van der Waals surface area (Å²) in [6, 6.07) is 10.9. The first-order chi connectivity index (χ1) is 8.93. The van der Waals surface area contributed by atoms with E-state index in [1.54, 1.807) is 0 Å². The van der Waals surface area contributed by atoms with Gasteiger partial charge in [0.25, 0.3) is 0 Å². The summed E-state index contributed by atoms with van der Waals surface area (Å²) < 4.78 is 37.5. The van der Waals surface area contributed by atoms with Gasteiger partial charge in [-0.05, 0) is 41.3 Å². The number of rotatable bonds is 2. The molecule has 0 spiro atoms. The summed E-state index contributed by atoms with van der Waals surface area (Å²) in [7, 11) is 0. The van der Waals surface area contributed by atoms with Gasteiger partial charge in [-0.25, -0.2) is 0 Å². The highest BCUT2D eigenvalue weighted by molar-refractivity contribution is 5.85. The van der Waals surface area contributed by atoms with Gasteiger partial charge in [-0.2, -0.15) is 13.2 Å². The van der Waals surface area contributed by atoms with Crippen molar-refractivity contribution in [2.45, 2.75) is 19.6 Å². The first-order valence-electron chi connectivity index (χ1n) is 5.89. The van der Waals surface area contributed by atoms with Gasteiger partial charge in [0.15, 0.2) is 0 Å². The lowest BCUT2D eigenvalue weighted by molar-refractivity contribution is -0.137. The monoisotopic (exact) mass is 301 g/mol. The molecule has 0 atom stereocenters. The summed E-state index contributed by atoms with van der Waals surface area (Å²) in [5.74, 6) is 0. The van der Waals surface area contributed by atoms with E-state index >= 15 is 0 Å². The molecule has 0 saturated carbocycles. The van der Waals surface area contributed by atoms with Gasteiger partial charge in [0.1, 0.15) is 0 Å². The largest absolute Gasteiger partial charge is 0.416 e. The summed E-state index contributed by atoms with van der Waals surface area (Å²) in [5, 5.41) is 0. The van der Waals surface area contributed by atoms with Crippen LogP contribution in [0, 0.1) is 6.92 Å². The molecular weight excluding hydrogens is 287 g/mol. The topological polar surface area (TPSA) is 26.0 Å². The van der Waals surface area contributed by atoms with Gasteiger partial charge in [0.2, 0.25) is 0 Å². The molecule has 0 fully saturated rings. The maximum Gasteiger partial charge on any atom is 0.416 e. The van der Waals surface area contributed by atoms with Crippen molar-refractivity contribution < 1.29 is 13.2 Å². The number of hydrogen-bond donors (Lipinski definition) is 1. The standard InChI is InChI=1S/C15H14F3N.ClH/c1-10-12(9-19)3-2-4-14(10)11-5-7-13(8-6-11)15(16,17)18;/h2-8H,9,19H2,1H3;1H. The Hall–Kier alpha value is -1.52. The Bertz CT molecular complexity index is 577. The second-order valence-electron chi connectivity index (χ2n) is 4.37. The van der Waals surface area contributed by atoms with Crippen LogP contribution in [0.1, 0.15) is 16.7 Å². The van der Waals surface area contributed by atoms with Crippen LogP contribution in [0.15, 0.2) is 42.5 Å². The van der Waals surface area contributed by atoms with Gasteiger partial charge >= 0.3 is 6.18 Å². The van der Waals surface area contributed by atoms with Crippen molar-refractivity contribution in [3.05, 3.63) is 59.2 Å². The summed E-state index contributed by atoms with van der Waals surface area (Å²) in [5.41, 5.74) is 8.67. The van der Waals surface area contributed by atoms with Crippen LogP contribution < -0.4 is 5.73 Å². The molecule has 20 heavy (non-hydrogen) atoms. The van der Waals surface area contributed by atoms with Gasteiger partial charge in [-0.1, -0.05) is 30.3 Å². The predicted octanol–water partition coefficient (Wildman–Crippen LogP) is 4.56. The fraction of sp³-hybridized carbons (Fsp3) is 0.200. The first kappa shape index (κ1) is 16.5. The fourth-order valence-electron chi connectivity index (χ4n) is 2.06. The zero-order valence-electron chi connectivity index (χ0n) is 10.9. The lowest BCUT2D eigenvalue weighted by Gasteiger charge is -2.12. The smallest absolute Gasteiger partial charge is 0.326 e. The molecule has 5 heteroatoms. The highest BCUT2D eigenvalue weighted by Crippen LogP contribution is 2.32. The van der Waals surface area contributed by atoms with Gasteiger partial charge < -0.3 is 5.73 Å². The minimum atomic E-state index is -4.30. The molecule has 0 aromatic heterocycles. The molecule has 0 aliphatic carbocycles. The van der Waals surface area contributed by atoms with E-state index in [1.807, 2.05) is 25.1 Å². The summed E-state index contributed by atoms with van der Waals surface area (Å²) in [6.45, 7) is 2.34. The van der Waals surface area contributed by atoms with Crippen LogP contribution in [0.3, 0.4) is 0 Å². The van der Waals surface area contributed by atoms with Crippen LogP contribution in [-0.4, -0.2) is 0 Å². The summed E-state index contributed by atoms with van der Waals surface area (Å²) in [4.78, 5) is 0. The van der Waals surface area contributed by atoms with Crippen LogP contribution in [-0.2, 0) is 12.7 Å². The van der Waals surface area contributed by atoms with E-state index in [2.05, 4.69) is 0 Å². The SMILES string of the molecule is Cc1c(CN)cccc1-c1ccc(C(F)(F)F)cc1.Cl. The molecule has 0 bridgehead atoms. The second-order valence-corrected chi connectivity index (χ2v) is 4.37. The predicted molar refractivity (Wildman–Crippen MR) is 76.8 cm³/mol. The third kappa shape index (κ3) is 3.32. The fourth-order valence-corrected chi connectivity index (χ4v) is 2.06. The Morgan fingerprint density at radius 1 is 1.00 bits per heavy atom. The molecule has 0 aliphatic heterocycles. The van der Waals surface area contributed by atoms with E-state index in [1.165, 1.54) is 12.1 Å². The van der Waals surface area contributed by atoms with Crippen molar-refractivity contribution in [1.29, 1.82) is 0 Å². The minimum absolute atomic E-state index is 0. The van der Waals surface area contributed by atoms with E-state index in [0.717, 1.165) is 34.4 Å². The van der Waals surface area contributed by atoms with Crippen LogP contribution >= 0.6 is 12.4 Å². The van der Waals surface area contributed by atoms with Crippen molar-refractivity contribution in [2.24, 2.45) is 5.73 Å². The third-order valence-corrected chi connectivity index (χ3v) is 3.19. The molecule has 1 nitrogen and oxygen atoms in total.